The van der Waals surface area contributed by atoms with Crippen molar-refractivity contribution in [2.24, 2.45) is 0 Å². The van der Waals surface area contributed by atoms with E-state index in [9.17, 15) is 18.0 Å². The van der Waals surface area contributed by atoms with E-state index in [2.05, 4.69) is 5.32 Å². The lowest BCUT2D eigenvalue weighted by Crippen LogP contribution is -2.51. The molecule has 3 aromatic rings. The summed E-state index contributed by atoms with van der Waals surface area (Å²) in [6, 6.07) is 18.0. The number of hydrogen-bond donors (Lipinski definition) is 1. The van der Waals surface area contributed by atoms with Crippen LogP contribution < -0.4 is 9.62 Å². The van der Waals surface area contributed by atoms with Crippen LogP contribution >= 0.6 is 34.8 Å². The number of hydrogen-bond acceptors (Lipinski definition) is 4. The molecule has 11 heteroatoms. The summed E-state index contributed by atoms with van der Waals surface area (Å²) < 4.78 is 28.4. The Bertz CT molecular complexity index is 1350. The summed E-state index contributed by atoms with van der Waals surface area (Å²) in [5.74, 6) is -0.962. The second kappa shape index (κ2) is 12.6. The van der Waals surface area contributed by atoms with Gasteiger partial charge in [-0.25, -0.2) is 8.42 Å². The van der Waals surface area contributed by atoms with E-state index in [1.165, 1.54) is 36.2 Å². The molecule has 0 aromatic heterocycles. The number of halogens is 3. The number of benzene rings is 3. The molecule has 3 rings (SSSR count). The number of rotatable bonds is 10. The van der Waals surface area contributed by atoms with E-state index in [0.29, 0.717) is 32.7 Å². The molecular formula is C26H26Cl3N3O4S. The number of likely N-dealkylation sites (N-methyl/N-ethyl adjacent to an activating group) is 1. The highest BCUT2D eigenvalue weighted by atomic mass is 35.5. The second-order valence-electron chi connectivity index (χ2n) is 8.10. The fourth-order valence-electron chi connectivity index (χ4n) is 3.78. The highest BCUT2D eigenvalue weighted by Gasteiger charge is 2.33. The molecule has 196 valence electrons. The summed E-state index contributed by atoms with van der Waals surface area (Å²) in [7, 11) is -2.68. The number of para-hydroxylation sites is 1. The number of sulfonamides is 1. The van der Waals surface area contributed by atoms with Crippen molar-refractivity contribution in [2.75, 3.05) is 17.9 Å². The van der Waals surface area contributed by atoms with Crippen molar-refractivity contribution in [3.8, 4) is 0 Å². The molecule has 0 saturated heterocycles. The van der Waals surface area contributed by atoms with Crippen molar-refractivity contribution in [1.82, 2.24) is 10.2 Å². The first-order valence-electron chi connectivity index (χ1n) is 11.4. The highest BCUT2D eigenvalue weighted by Crippen LogP contribution is 2.27. The first-order valence-corrected chi connectivity index (χ1v) is 13.9. The molecule has 0 fully saturated rings. The Morgan fingerprint density at radius 2 is 1.54 bits per heavy atom. The SMILES string of the molecule is CCC(C(=O)NC)N(Cc1ccc(Cl)cc1Cl)C(=O)CN(c1ccccc1)S(=O)(=O)c1ccc(Cl)cc1. The Labute approximate surface area is 232 Å². The lowest BCUT2D eigenvalue weighted by atomic mass is 10.1. The zero-order valence-corrected chi connectivity index (χ0v) is 23.3. The Morgan fingerprint density at radius 1 is 0.919 bits per heavy atom. The predicted octanol–water partition coefficient (Wildman–Crippen LogP) is 5.40. The van der Waals surface area contributed by atoms with Gasteiger partial charge in [-0.05, 0) is 60.5 Å². The first kappa shape index (κ1) is 28.8. The van der Waals surface area contributed by atoms with Gasteiger partial charge < -0.3 is 10.2 Å². The van der Waals surface area contributed by atoms with Crippen LogP contribution in [0.2, 0.25) is 15.1 Å². The van der Waals surface area contributed by atoms with E-state index in [-0.39, 0.29) is 17.3 Å². The molecule has 0 saturated carbocycles. The average Bonchev–Trinajstić information content (AvgIpc) is 2.88. The van der Waals surface area contributed by atoms with Gasteiger partial charge in [0, 0.05) is 28.7 Å². The van der Waals surface area contributed by atoms with Crippen molar-refractivity contribution in [3.05, 3.63) is 93.4 Å². The Morgan fingerprint density at radius 3 is 2.11 bits per heavy atom. The predicted molar refractivity (Wildman–Crippen MR) is 148 cm³/mol. The van der Waals surface area contributed by atoms with Gasteiger partial charge in [0.2, 0.25) is 11.8 Å². The molecule has 37 heavy (non-hydrogen) atoms. The maximum absolute atomic E-state index is 13.8. The highest BCUT2D eigenvalue weighted by molar-refractivity contribution is 7.92. The molecule has 0 aliphatic carbocycles. The van der Waals surface area contributed by atoms with Crippen LogP contribution in [0.15, 0.2) is 77.7 Å². The average molecular weight is 583 g/mol. The van der Waals surface area contributed by atoms with Crippen LogP contribution in [-0.4, -0.2) is 44.8 Å². The first-order chi connectivity index (χ1) is 17.6. The van der Waals surface area contributed by atoms with Crippen molar-refractivity contribution in [1.29, 1.82) is 0 Å². The van der Waals surface area contributed by atoms with Crippen molar-refractivity contribution < 1.29 is 18.0 Å². The van der Waals surface area contributed by atoms with E-state index in [1.807, 2.05) is 0 Å². The third-order valence-corrected chi connectivity index (χ3v) is 8.34. The molecular weight excluding hydrogens is 557 g/mol. The summed E-state index contributed by atoms with van der Waals surface area (Å²) in [6.07, 6.45) is 0.298. The van der Waals surface area contributed by atoms with Crippen LogP contribution in [-0.2, 0) is 26.2 Å². The molecule has 3 aromatic carbocycles. The number of carbonyl (C=O) groups is 2. The molecule has 0 radical (unpaired) electrons. The van der Waals surface area contributed by atoms with E-state index in [4.69, 9.17) is 34.8 Å². The van der Waals surface area contributed by atoms with Crippen LogP contribution in [0.1, 0.15) is 18.9 Å². The summed E-state index contributed by atoms with van der Waals surface area (Å²) in [5, 5.41) is 3.70. The zero-order valence-electron chi connectivity index (χ0n) is 20.2. The second-order valence-corrected chi connectivity index (χ2v) is 11.2. The molecule has 7 nitrogen and oxygen atoms in total. The number of anilines is 1. The fraction of sp³-hybridized carbons (Fsp3) is 0.231. The van der Waals surface area contributed by atoms with Gasteiger partial charge in [-0.2, -0.15) is 0 Å². The van der Waals surface area contributed by atoms with Gasteiger partial charge in [0.05, 0.1) is 10.6 Å². The molecule has 1 N–H and O–H groups in total. The Hall–Kier alpha value is -2.78. The van der Waals surface area contributed by atoms with E-state index in [0.717, 1.165) is 4.31 Å². The lowest BCUT2D eigenvalue weighted by molar-refractivity contribution is -0.140. The standard InChI is InChI=1S/C26H26Cl3N3O4S/c1-3-24(26(34)30-2)31(16-18-9-10-20(28)15-23(18)29)25(33)17-32(21-7-5-4-6-8-21)37(35,36)22-13-11-19(27)12-14-22/h4-15,24H,3,16-17H2,1-2H3,(H,30,34). The van der Waals surface area contributed by atoms with E-state index >= 15 is 0 Å². The topological polar surface area (TPSA) is 86.8 Å². The molecule has 1 unspecified atom stereocenters. The van der Waals surface area contributed by atoms with E-state index < -0.39 is 28.5 Å². The normalized spacial score (nSPS) is 12.0. The number of amides is 2. The van der Waals surface area contributed by atoms with Crippen LogP contribution in [0, 0.1) is 0 Å². The Balaban J connectivity index is 2.05. The van der Waals surface area contributed by atoms with E-state index in [1.54, 1.807) is 55.5 Å². The third kappa shape index (κ3) is 6.96. The minimum atomic E-state index is -4.16. The van der Waals surface area contributed by atoms with Gasteiger partial charge in [0.25, 0.3) is 10.0 Å². The number of carbonyl (C=O) groups excluding carboxylic acids is 2. The van der Waals surface area contributed by atoms with Gasteiger partial charge in [-0.1, -0.05) is 66.0 Å². The molecule has 0 aliphatic heterocycles. The molecule has 2 amide bonds. The summed E-state index contributed by atoms with van der Waals surface area (Å²) >= 11 is 18.3. The van der Waals surface area contributed by atoms with Crippen molar-refractivity contribution in [3.63, 3.8) is 0 Å². The lowest BCUT2D eigenvalue weighted by Gasteiger charge is -2.33. The Kier molecular flexibility index (Phi) is 9.84. The van der Waals surface area contributed by atoms with Gasteiger partial charge in [-0.3, -0.25) is 13.9 Å². The zero-order chi connectivity index (χ0) is 27.2. The van der Waals surface area contributed by atoms with Gasteiger partial charge >= 0.3 is 0 Å². The molecule has 0 spiro atoms. The third-order valence-electron chi connectivity index (χ3n) is 5.71. The quantitative estimate of drug-likeness (QED) is 0.347. The van der Waals surface area contributed by atoms with Gasteiger partial charge in [0.15, 0.2) is 0 Å². The van der Waals surface area contributed by atoms with Crippen LogP contribution in [0.5, 0.6) is 0 Å². The molecule has 1 atom stereocenters. The minimum Gasteiger partial charge on any atom is -0.357 e. The number of nitrogens with zero attached hydrogens (tertiary/aromatic N) is 2. The maximum Gasteiger partial charge on any atom is 0.264 e. The molecule has 0 heterocycles. The van der Waals surface area contributed by atoms with Gasteiger partial charge in [0.1, 0.15) is 12.6 Å². The van der Waals surface area contributed by atoms with Crippen LogP contribution in [0.3, 0.4) is 0 Å². The van der Waals surface area contributed by atoms with Crippen molar-refractivity contribution in [2.45, 2.75) is 30.8 Å². The van der Waals surface area contributed by atoms with Gasteiger partial charge in [-0.15, -0.1) is 0 Å². The minimum absolute atomic E-state index is 0.0234. The summed E-state index contributed by atoms with van der Waals surface area (Å²) in [5.41, 5.74) is 0.858. The largest absolute Gasteiger partial charge is 0.357 e. The van der Waals surface area contributed by atoms with Crippen molar-refractivity contribution >= 4 is 62.3 Å². The number of nitrogens with one attached hydrogen (secondary N) is 1. The van der Waals surface area contributed by atoms with Crippen LogP contribution in [0.25, 0.3) is 0 Å². The summed E-state index contributed by atoms with van der Waals surface area (Å²) in [6.45, 7) is 1.20. The van der Waals surface area contributed by atoms with Crippen LogP contribution in [0.4, 0.5) is 5.69 Å². The smallest absolute Gasteiger partial charge is 0.264 e. The molecule has 0 aliphatic rings. The monoisotopic (exact) mass is 581 g/mol. The fourth-order valence-corrected chi connectivity index (χ4v) is 5.78. The maximum atomic E-state index is 13.8. The summed E-state index contributed by atoms with van der Waals surface area (Å²) in [4.78, 5) is 27.8. The molecule has 0 bridgehead atoms.